The highest BCUT2D eigenvalue weighted by Crippen LogP contribution is 2.30. The Kier molecular flexibility index (Phi) is 7.13. The van der Waals surface area contributed by atoms with Crippen LogP contribution in [0, 0.1) is 25.2 Å². The van der Waals surface area contributed by atoms with E-state index in [0.717, 1.165) is 22.1 Å². The standard InChI is InChI=1S/C30H26N2O3/c1-20-7-6-10-27(21(20)2)32-30(33)26(18-31)15-22-12-14-28(29(17-22)34-3)35-19-23-11-13-24-8-4-5-9-25(24)16-23/h4-17H,19H2,1-3H3,(H,32,33)/b26-15+. The minimum Gasteiger partial charge on any atom is -0.493 e. The van der Waals surface area contributed by atoms with Crippen LogP contribution in [0.25, 0.3) is 16.8 Å². The second-order valence-electron chi connectivity index (χ2n) is 8.25. The molecule has 4 aromatic carbocycles. The first-order chi connectivity index (χ1) is 17.0. The maximum atomic E-state index is 12.7. The highest BCUT2D eigenvalue weighted by molar-refractivity contribution is 6.10. The number of carbonyl (C=O) groups excluding carboxylic acids is 1. The SMILES string of the molecule is COc1cc(/C=C(\C#N)C(=O)Nc2cccc(C)c2C)ccc1OCc1ccc2ccccc2c1. The fraction of sp³-hybridized carbons (Fsp3) is 0.133. The fourth-order valence-electron chi connectivity index (χ4n) is 3.77. The minimum absolute atomic E-state index is 0.00205. The Labute approximate surface area is 205 Å². The van der Waals surface area contributed by atoms with Gasteiger partial charge in [0.05, 0.1) is 7.11 Å². The molecule has 0 saturated heterocycles. The Morgan fingerprint density at radius 3 is 2.51 bits per heavy atom. The largest absolute Gasteiger partial charge is 0.493 e. The molecule has 0 unspecified atom stereocenters. The molecule has 0 aliphatic rings. The maximum Gasteiger partial charge on any atom is 0.266 e. The van der Waals surface area contributed by atoms with Gasteiger partial charge in [-0.1, -0.05) is 54.6 Å². The Morgan fingerprint density at radius 1 is 0.943 bits per heavy atom. The summed E-state index contributed by atoms with van der Waals surface area (Å²) in [4.78, 5) is 12.7. The molecule has 0 fully saturated rings. The summed E-state index contributed by atoms with van der Waals surface area (Å²) in [7, 11) is 1.56. The van der Waals surface area contributed by atoms with Crippen molar-refractivity contribution in [3.05, 3.63) is 107 Å². The lowest BCUT2D eigenvalue weighted by molar-refractivity contribution is -0.112. The van der Waals surface area contributed by atoms with E-state index in [2.05, 4.69) is 29.6 Å². The van der Waals surface area contributed by atoms with Gasteiger partial charge in [-0.05, 0) is 77.2 Å². The topological polar surface area (TPSA) is 71.3 Å². The molecule has 4 aromatic rings. The molecule has 0 saturated carbocycles. The lowest BCUT2D eigenvalue weighted by Gasteiger charge is -2.12. The Hall–Kier alpha value is -4.56. The zero-order valence-electron chi connectivity index (χ0n) is 20.0. The average molecular weight is 463 g/mol. The third kappa shape index (κ3) is 5.51. The number of fused-ring (bicyclic) bond motifs is 1. The number of amides is 1. The molecular formula is C30H26N2O3. The van der Waals surface area contributed by atoms with E-state index in [9.17, 15) is 10.1 Å². The number of methoxy groups -OCH3 is 1. The molecule has 0 bridgehead atoms. The van der Waals surface area contributed by atoms with Gasteiger partial charge in [0, 0.05) is 5.69 Å². The van der Waals surface area contributed by atoms with Crippen LogP contribution in [0.1, 0.15) is 22.3 Å². The summed E-state index contributed by atoms with van der Waals surface area (Å²) in [6.45, 7) is 4.29. The van der Waals surface area contributed by atoms with E-state index in [-0.39, 0.29) is 5.57 Å². The van der Waals surface area contributed by atoms with Crippen LogP contribution in [-0.4, -0.2) is 13.0 Å². The van der Waals surface area contributed by atoms with Gasteiger partial charge in [0.2, 0.25) is 0 Å². The summed E-state index contributed by atoms with van der Waals surface area (Å²) in [5, 5.41) is 14.8. The van der Waals surface area contributed by atoms with Crippen LogP contribution >= 0.6 is 0 Å². The molecular weight excluding hydrogens is 436 g/mol. The second kappa shape index (κ2) is 10.6. The predicted octanol–water partition coefficient (Wildman–Crippen LogP) is 6.59. The number of anilines is 1. The van der Waals surface area contributed by atoms with Crippen LogP contribution < -0.4 is 14.8 Å². The van der Waals surface area contributed by atoms with Crippen molar-refractivity contribution in [1.82, 2.24) is 0 Å². The van der Waals surface area contributed by atoms with Crippen molar-refractivity contribution in [2.45, 2.75) is 20.5 Å². The summed E-state index contributed by atoms with van der Waals surface area (Å²) in [6, 6.07) is 27.4. The van der Waals surface area contributed by atoms with Crippen molar-refractivity contribution >= 4 is 28.4 Å². The summed E-state index contributed by atoms with van der Waals surface area (Å²) in [5.74, 6) is 0.639. The van der Waals surface area contributed by atoms with Crippen molar-refractivity contribution < 1.29 is 14.3 Å². The van der Waals surface area contributed by atoms with E-state index in [1.165, 1.54) is 11.5 Å². The van der Waals surface area contributed by atoms with E-state index in [0.29, 0.717) is 29.4 Å². The van der Waals surface area contributed by atoms with E-state index in [4.69, 9.17) is 9.47 Å². The van der Waals surface area contributed by atoms with Crippen LogP contribution in [0.5, 0.6) is 11.5 Å². The number of hydrogen-bond acceptors (Lipinski definition) is 4. The Morgan fingerprint density at radius 2 is 1.74 bits per heavy atom. The summed E-state index contributed by atoms with van der Waals surface area (Å²) in [6.07, 6.45) is 1.54. The molecule has 1 amide bonds. The highest BCUT2D eigenvalue weighted by Gasteiger charge is 2.13. The number of rotatable bonds is 7. The van der Waals surface area contributed by atoms with Gasteiger partial charge < -0.3 is 14.8 Å². The van der Waals surface area contributed by atoms with Crippen molar-refractivity contribution in [3.63, 3.8) is 0 Å². The molecule has 1 N–H and O–H groups in total. The van der Waals surface area contributed by atoms with Crippen molar-refractivity contribution in [2.24, 2.45) is 0 Å². The second-order valence-corrected chi connectivity index (χ2v) is 8.25. The van der Waals surface area contributed by atoms with Crippen LogP contribution in [-0.2, 0) is 11.4 Å². The molecule has 4 rings (SSSR count). The molecule has 0 spiro atoms. The van der Waals surface area contributed by atoms with Gasteiger partial charge in [0.1, 0.15) is 18.2 Å². The van der Waals surface area contributed by atoms with Gasteiger partial charge in [-0.15, -0.1) is 0 Å². The van der Waals surface area contributed by atoms with Gasteiger partial charge in [0.25, 0.3) is 5.91 Å². The highest BCUT2D eigenvalue weighted by atomic mass is 16.5. The van der Waals surface area contributed by atoms with Gasteiger partial charge in [-0.2, -0.15) is 5.26 Å². The minimum atomic E-state index is -0.461. The molecule has 5 nitrogen and oxygen atoms in total. The van der Waals surface area contributed by atoms with Crippen LogP contribution in [0.15, 0.2) is 84.4 Å². The van der Waals surface area contributed by atoms with Crippen molar-refractivity contribution in [1.29, 1.82) is 5.26 Å². The monoisotopic (exact) mass is 462 g/mol. The van der Waals surface area contributed by atoms with Gasteiger partial charge in [-0.3, -0.25) is 4.79 Å². The molecule has 5 heteroatoms. The molecule has 174 valence electrons. The third-order valence-corrected chi connectivity index (χ3v) is 5.92. The number of nitriles is 1. The number of carbonyl (C=O) groups is 1. The zero-order valence-corrected chi connectivity index (χ0v) is 20.0. The smallest absolute Gasteiger partial charge is 0.266 e. The number of nitrogens with one attached hydrogen (secondary N) is 1. The fourth-order valence-corrected chi connectivity index (χ4v) is 3.77. The van der Waals surface area contributed by atoms with Gasteiger partial charge in [-0.25, -0.2) is 0 Å². The molecule has 0 aromatic heterocycles. The lowest BCUT2D eigenvalue weighted by Crippen LogP contribution is -2.14. The molecule has 35 heavy (non-hydrogen) atoms. The van der Waals surface area contributed by atoms with Crippen LogP contribution in [0.3, 0.4) is 0 Å². The van der Waals surface area contributed by atoms with Gasteiger partial charge in [0.15, 0.2) is 11.5 Å². The first-order valence-corrected chi connectivity index (χ1v) is 11.3. The van der Waals surface area contributed by atoms with E-state index >= 15 is 0 Å². The van der Waals surface area contributed by atoms with Crippen molar-refractivity contribution in [2.75, 3.05) is 12.4 Å². The van der Waals surface area contributed by atoms with E-state index in [1.807, 2.05) is 56.3 Å². The number of benzene rings is 4. The maximum absolute atomic E-state index is 12.7. The normalized spacial score (nSPS) is 11.1. The molecule has 0 radical (unpaired) electrons. The first kappa shape index (κ1) is 23.6. The Balaban J connectivity index is 1.50. The summed E-state index contributed by atoms with van der Waals surface area (Å²) in [5.41, 5.74) is 4.42. The van der Waals surface area contributed by atoms with Crippen LogP contribution in [0.2, 0.25) is 0 Å². The number of aryl methyl sites for hydroxylation is 1. The first-order valence-electron chi connectivity index (χ1n) is 11.3. The van der Waals surface area contributed by atoms with Crippen LogP contribution in [0.4, 0.5) is 5.69 Å². The Bertz CT molecular complexity index is 1460. The van der Waals surface area contributed by atoms with E-state index in [1.54, 1.807) is 25.3 Å². The predicted molar refractivity (Wildman–Crippen MR) is 139 cm³/mol. The quantitative estimate of drug-likeness (QED) is 0.248. The summed E-state index contributed by atoms with van der Waals surface area (Å²) >= 11 is 0. The molecule has 0 aliphatic carbocycles. The lowest BCUT2D eigenvalue weighted by atomic mass is 10.1. The zero-order chi connectivity index (χ0) is 24.8. The number of nitrogens with zero attached hydrogens (tertiary/aromatic N) is 1. The summed E-state index contributed by atoms with van der Waals surface area (Å²) < 4.78 is 11.5. The molecule has 0 atom stereocenters. The van der Waals surface area contributed by atoms with Crippen molar-refractivity contribution in [3.8, 4) is 17.6 Å². The van der Waals surface area contributed by atoms with E-state index < -0.39 is 5.91 Å². The number of hydrogen-bond donors (Lipinski definition) is 1. The average Bonchev–Trinajstić information content (AvgIpc) is 2.88. The van der Waals surface area contributed by atoms with Gasteiger partial charge >= 0.3 is 0 Å². The molecule has 0 heterocycles. The third-order valence-electron chi connectivity index (χ3n) is 5.92. The number of ether oxygens (including phenoxy) is 2. The molecule has 0 aliphatic heterocycles.